The molecule has 2 heterocycles. The Morgan fingerprint density at radius 2 is 1.55 bits per heavy atom. The van der Waals surface area contributed by atoms with Gasteiger partial charge in [0.05, 0.1) is 23.7 Å². The Bertz CT molecular complexity index is 1720. The molecule has 6 rings (SSSR count). The van der Waals surface area contributed by atoms with Crippen molar-refractivity contribution in [1.29, 1.82) is 0 Å². The second-order valence-corrected chi connectivity index (χ2v) is 11.1. The van der Waals surface area contributed by atoms with E-state index in [2.05, 4.69) is 0 Å². The molecule has 0 spiro atoms. The number of hydrogen-bond acceptors (Lipinski definition) is 5. The molecule has 8 heteroatoms. The van der Waals surface area contributed by atoms with Gasteiger partial charge in [0, 0.05) is 11.3 Å². The molecule has 0 unspecified atom stereocenters. The van der Waals surface area contributed by atoms with Crippen LogP contribution in [0.15, 0.2) is 87.0 Å². The van der Waals surface area contributed by atoms with Crippen LogP contribution < -0.4 is 11.4 Å². The summed E-state index contributed by atoms with van der Waals surface area (Å²) in [5, 5.41) is 10.4. The van der Waals surface area contributed by atoms with Crippen LogP contribution in [0.3, 0.4) is 0 Å². The highest BCUT2D eigenvalue weighted by Gasteiger charge is 2.66. The molecule has 1 fully saturated rings. The molecule has 1 aromatic heterocycles. The largest absolute Gasteiger partial charge is 0.508 e. The molecule has 1 aliphatic heterocycles. The number of Topliss-reactive ketones (excluding diaryl/α,β-unsaturated/α-hetero) is 2. The third-order valence-corrected chi connectivity index (χ3v) is 9.33. The van der Waals surface area contributed by atoms with E-state index in [1.807, 2.05) is 32.1 Å². The Labute approximate surface area is 219 Å². The lowest BCUT2D eigenvalue weighted by Crippen LogP contribution is -2.61. The number of para-hydroxylation sites is 1. The zero-order chi connectivity index (χ0) is 27.1. The molecular formula is C30H29N3O5. The molecular weight excluding hydrogens is 482 g/mol. The fourth-order valence-corrected chi connectivity index (χ4v) is 7.08. The predicted molar refractivity (Wildman–Crippen MR) is 141 cm³/mol. The highest BCUT2D eigenvalue weighted by molar-refractivity contribution is 6.17. The molecule has 2 aromatic carbocycles. The first-order valence-corrected chi connectivity index (χ1v) is 12.8. The number of phenols is 1. The summed E-state index contributed by atoms with van der Waals surface area (Å²) < 4.78 is 4.03. The van der Waals surface area contributed by atoms with Crippen LogP contribution in [0, 0.1) is 10.8 Å². The number of rotatable bonds is 2. The maximum absolute atomic E-state index is 14.1. The van der Waals surface area contributed by atoms with Gasteiger partial charge in [0.1, 0.15) is 5.75 Å². The smallest absolute Gasteiger partial charge is 0.352 e. The lowest BCUT2D eigenvalue weighted by atomic mass is 9.43. The van der Waals surface area contributed by atoms with Gasteiger partial charge in [-0.2, -0.15) is 0 Å². The SMILES string of the molecule is CC1=C(C)C(=O)[C@@]2(C)[C@@H](c3cccc(O)c3)C3=CCn4c(=O)n(-c5ccccc5)c(=O)n4[C@@H]3C[C@@]2(C)C1=O. The van der Waals surface area contributed by atoms with Crippen molar-refractivity contribution in [1.82, 2.24) is 13.9 Å². The van der Waals surface area contributed by atoms with E-state index in [9.17, 15) is 24.3 Å². The number of ketones is 2. The molecule has 0 radical (unpaired) electrons. The zero-order valence-corrected chi connectivity index (χ0v) is 21.8. The maximum atomic E-state index is 14.1. The summed E-state index contributed by atoms with van der Waals surface area (Å²) in [6, 6.07) is 14.9. The number of benzene rings is 2. The fraction of sp³-hybridized carbons (Fsp3) is 0.333. The maximum Gasteiger partial charge on any atom is 0.352 e. The van der Waals surface area contributed by atoms with Crippen molar-refractivity contribution in [3.8, 4) is 11.4 Å². The minimum Gasteiger partial charge on any atom is -0.508 e. The molecule has 2 aliphatic carbocycles. The van der Waals surface area contributed by atoms with Gasteiger partial charge in [-0.3, -0.25) is 9.59 Å². The number of nitrogens with zero attached hydrogens (tertiary/aromatic N) is 3. The second kappa shape index (κ2) is 7.90. The summed E-state index contributed by atoms with van der Waals surface area (Å²) in [4.78, 5) is 55.5. The normalized spacial score (nSPS) is 28.5. The van der Waals surface area contributed by atoms with Crippen LogP contribution >= 0.6 is 0 Å². The molecule has 8 nitrogen and oxygen atoms in total. The van der Waals surface area contributed by atoms with Crippen molar-refractivity contribution in [2.75, 3.05) is 0 Å². The van der Waals surface area contributed by atoms with Gasteiger partial charge >= 0.3 is 11.4 Å². The molecule has 0 amide bonds. The van der Waals surface area contributed by atoms with Crippen LogP contribution in [0.5, 0.6) is 5.75 Å². The summed E-state index contributed by atoms with van der Waals surface area (Å²) in [7, 11) is 0. The zero-order valence-electron chi connectivity index (χ0n) is 21.8. The first kappa shape index (κ1) is 24.2. The van der Waals surface area contributed by atoms with Crippen LogP contribution in [-0.2, 0) is 16.1 Å². The standard InChI is InChI=1S/C30H29N3O5/c1-17-18(2)26(36)30(4)24(19-9-8-12-21(34)15-19)22-13-14-31-27(37)32(20-10-6-5-7-11-20)28(38)33(31)23(22)16-29(30,3)25(17)35/h5-13,15,23-24,34H,14,16H2,1-4H3/t23-,24+,29+,30-/m1/s1. The van der Waals surface area contributed by atoms with Gasteiger partial charge < -0.3 is 5.11 Å². The second-order valence-electron chi connectivity index (χ2n) is 11.1. The lowest BCUT2D eigenvalue weighted by molar-refractivity contribution is -0.151. The Morgan fingerprint density at radius 3 is 2.24 bits per heavy atom. The first-order valence-electron chi connectivity index (χ1n) is 12.8. The van der Waals surface area contributed by atoms with Gasteiger partial charge in [-0.1, -0.05) is 50.3 Å². The summed E-state index contributed by atoms with van der Waals surface area (Å²) in [6.07, 6.45) is 2.11. The third kappa shape index (κ3) is 2.85. The van der Waals surface area contributed by atoms with Crippen molar-refractivity contribution in [2.45, 2.75) is 52.6 Å². The summed E-state index contributed by atoms with van der Waals surface area (Å²) in [5.41, 5.74) is -0.424. The number of carbonyl (C=O) groups excluding carboxylic acids is 2. The van der Waals surface area contributed by atoms with Gasteiger partial charge in [0.15, 0.2) is 11.6 Å². The van der Waals surface area contributed by atoms with Gasteiger partial charge in [0.2, 0.25) is 0 Å². The van der Waals surface area contributed by atoms with Crippen LogP contribution in [0.25, 0.3) is 5.69 Å². The third-order valence-electron chi connectivity index (χ3n) is 9.33. The molecule has 1 saturated carbocycles. The Hall–Kier alpha value is -4.20. The Morgan fingerprint density at radius 1 is 0.868 bits per heavy atom. The summed E-state index contributed by atoms with van der Waals surface area (Å²) in [5.74, 6) is -0.777. The van der Waals surface area contributed by atoms with Gasteiger partial charge in [-0.05, 0) is 66.8 Å². The van der Waals surface area contributed by atoms with E-state index in [-0.39, 0.29) is 30.3 Å². The number of aromatic nitrogens is 3. The summed E-state index contributed by atoms with van der Waals surface area (Å²) in [6.45, 7) is 7.19. The average Bonchev–Trinajstić information content (AvgIpc) is 3.17. The van der Waals surface area contributed by atoms with Crippen molar-refractivity contribution < 1.29 is 14.7 Å². The highest BCUT2D eigenvalue weighted by Crippen LogP contribution is 2.66. The molecule has 38 heavy (non-hydrogen) atoms. The average molecular weight is 512 g/mol. The van der Waals surface area contributed by atoms with E-state index < -0.39 is 34.2 Å². The van der Waals surface area contributed by atoms with E-state index in [0.717, 1.165) is 10.1 Å². The topological polar surface area (TPSA) is 103 Å². The molecule has 4 atom stereocenters. The monoisotopic (exact) mass is 511 g/mol. The van der Waals surface area contributed by atoms with Crippen LogP contribution in [0.1, 0.15) is 51.6 Å². The van der Waals surface area contributed by atoms with Gasteiger partial charge in [-0.15, -0.1) is 0 Å². The predicted octanol–water partition coefficient (Wildman–Crippen LogP) is 3.68. The number of carbonyl (C=O) groups is 2. The van der Waals surface area contributed by atoms with E-state index in [0.29, 0.717) is 22.4 Å². The van der Waals surface area contributed by atoms with Crippen LogP contribution in [-0.4, -0.2) is 30.6 Å². The fourth-order valence-electron chi connectivity index (χ4n) is 7.08. The number of aromatic hydroxyl groups is 1. The minimum atomic E-state index is -1.15. The molecule has 3 aliphatic rings. The molecule has 1 N–H and O–H groups in total. The van der Waals surface area contributed by atoms with Crippen LogP contribution in [0.4, 0.5) is 0 Å². The van der Waals surface area contributed by atoms with E-state index in [1.165, 1.54) is 9.36 Å². The van der Waals surface area contributed by atoms with E-state index in [1.54, 1.807) is 56.3 Å². The van der Waals surface area contributed by atoms with Crippen molar-refractivity contribution >= 4 is 11.6 Å². The molecule has 0 saturated heterocycles. The highest BCUT2D eigenvalue weighted by atomic mass is 16.3. The van der Waals surface area contributed by atoms with E-state index in [4.69, 9.17) is 0 Å². The van der Waals surface area contributed by atoms with Crippen LogP contribution in [0.2, 0.25) is 0 Å². The number of fused-ring (bicyclic) bond motifs is 4. The number of hydrogen-bond donors (Lipinski definition) is 1. The molecule has 194 valence electrons. The number of phenolic OH excluding ortho intramolecular Hbond substituents is 1. The van der Waals surface area contributed by atoms with Gasteiger partial charge in [0.25, 0.3) is 0 Å². The van der Waals surface area contributed by atoms with Crippen molar-refractivity contribution in [2.24, 2.45) is 10.8 Å². The molecule has 0 bridgehead atoms. The Balaban J connectivity index is 1.65. The van der Waals surface area contributed by atoms with Gasteiger partial charge in [-0.25, -0.2) is 23.5 Å². The van der Waals surface area contributed by atoms with Crippen molar-refractivity contribution in [3.63, 3.8) is 0 Å². The van der Waals surface area contributed by atoms with E-state index >= 15 is 0 Å². The minimum absolute atomic E-state index is 0.0497. The lowest BCUT2D eigenvalue weighted by Gasteiger charge is -2.58. The Kier molecular flexibility index (Phi) is 5.02. The first-order chi connectivity index (χ1) is 18.0. The quantitative estimate of drug-likeness (QED) is 0.529. The van der Waals surface area contributed by atoms with Crippen molar-refractivity contribution in [3.05, 3.63) is 104 Å². The summed E-state index contributed by atoms with van der Waals surface area (Å²) >= 11 is 0. The number of allylic oxidation sites excluding steroid dienone is 4. The molecule has 3 aromatic rings.